The molecule has 0 aliphatic heterocycles. The average Bonchev–Trinajstić information content (AvgIpc) is 3.49. The number of hydrogen-bond acceptors (Lipinski definition) is 3. The van der Waals surface area contributed by atoms with Crippen LogP contribution in [0.25, 0.3) is 0 Å². The van der Waals surface area contributed by atoms with Gasteiger partial charge in [0.05, 0.1) is 12.7 Å². The van der Waals surface area contributed by atoms with Crippen molar-refractivity contribution in [2.75, 3.05) is 0 Å². The summed E-state index contributed by atoms with van der Waals surface area (Å²) in [5.74, 6) is 1.36. The number of rotatable bonds is 6. The minimum absolute atomic E-state index is 0.523. The number of imidazole rings is 2. The molecular formula is C24H31N4O2PS2. The van der Waals surface area contributed by atoms with E-state index in [1.165, 1.54) is 5.41 Å². The molecule has 0 atom stereocenters. The lowest BCUT2D eigenvalue weighted by Crippen LogP contribution is -2.01. The first kappa shape index (κ1) is 26.9. The van der Waals surface area contributed by atoms with Gasteiger partial charge in [0, 0.05) is 50.4 Å². The third-order valence-electron chi connectivity index (χ3n) is 4.17. The maximum atomic E-state index is 10.5. The Morgan fingerprint density at radius 3 is 1.55 bits per heavy atom. The molecule has 0 aliphatic rings. The van der Waals surface area contributed by atoms with Crippen LogP contribution in [0.1, 0.15) is 11.1 Å². The Kier molecular flexibility index (Phi) is 12.0. The number of nitrogens with zero attached hydrogens (tertiary/aromatic N) is 4. The quantitative estimate of drug-likeness (QED) is 0.346. The molecule has 0 amide bonds. The molecule has 0 bridgehead atoms. The van der Waals surface area contributed by atoms with Crippen LogP contribution in [0.15, 0.2) is 110 Å². The van der Waals surface area contributed by atoms with Crippen molar-refractivity contribution < 1.29 is 9.79 Å². The van der Waals surface area contributed by atoms with Gasteiger partial charge in [-0.3, -0.25) is 0 Å². The lowest BCUT2D eigenvalue weighted by molar-refractivity contribution is 0.501. The van der Waals surface area contributed by atoms with E-state index in [0.29, 0.717) is 11.5 Å². The van der Waals surface area contributed by atoms with Crippen molar-refractivity contribution in [2.24, 2.45) is 14.1 Å². The van der Waals surface area contributed by atoms with Crippen molar-refractivity contribution in [3.8, 4) is 0 Å². The van der Waals surface area contributed by atoms with E-state index in [-0.39, 0.29) is 0 Å². The molecular weight excluding hydrogens is 471 g/mol. The summed E-state index contributed by atoms with van der Waals surface area (Å²) < 4.78 is 3.78. The van der Waals surface area contributed by atoms with E-state index in [0.717, 1.165) is 22.5 Å². The van der Waals surface area contributed by atoms with E-state index in [9.17, 15) is 9.79 Å². The van der Waals surface area contributed by atoms with Gasteiger partial charge < -0.3 is 18.9 Å². The second kappa shape index (κ2) is 14.7. The maximum absolute atomic E-state index is 10.5. The van der Waals surface area contributed by atoms with Crippen molar-refractivity contribution >= 4 is 27.1 Å². The molecule has 0 radical (unpaired) electrons. The van der Waals surface area contributed by atoms with Crippen LogP contribution in [0, 0.1) is 0 Å². The van der Waals surface area contributed by atoms with Crippen LogP contribution in [-0.4, -0.2) is 28.9 Å². The van der Waals surface area contributed by atoms with Gasteiger partial charge in [-0.2, -0.15) is 0 Å². The standard InChI is InChI=1S/C16H19O2PS2.2C4H6N2/c1-2-20-19(17,18)21(13-15-9-5-3-6-10-15)14-16-11-7-4-8-12-16;2*1-6-3-2-5-4-6/h2-12,17-18H,1,13-14H2;2*2-4H,1H3. The van der Waals surface area contributed by atoms with E-state index in [2.05, 4.69) is 16.5 Å². The zero-order valence-electron chi connectivity index (χ0n) is 18.9. The zero-order chi connectivity index (χ0) is 23.9. The van der Waals surface area contributed by atoms with Gasteiger partial charge in [-0.15, -0.1) is 10.1 Å². The third-order valence-corrected chi connectivity index (χ3v) is 13.3. The largest absolute Gasteiger partial charge is 0.341 e. The number of aryl methyl sites for hydroxylation is 2. The van der Waals surface area contributed by atoms with E-state index >= 15 is 0 Å². The molecule has 33 heavy (non-hydrogen) atoms. The van der Waals surface area contributed by atoms with Crippen LogP contribution >= 0.6 is 17.1 Å². The molecule has 4 rings (SSSR count). The molecule has 9 heteroatoms. The molecule has 2 heterocycles. The van der Waals surface area contributed by atoms with E-state index < -0.39 is 15.8 Å². The molecule has 176 valence electrons. The second-order valence-corrected chi connectivity index (χ2v) is 15.9. The molecule has 2 aromatic carbocycles. The Morgan fingerprint density at radius 2 is 1.27 bits per heavy atom. The lowest BCUT2D eigenvalue weighted by atomic mass is 10.2. The molecule has 0 saturated heterocycles. The minimum Gasteiger partial charge on any atom is -0.341 e. The van der Waals surface area contributed by atoms with Gasteiger partial charge in [0.1, 0.15) is 0 Å². The molecule has 2 N–H and O–H groups in total. The Bertz CT molecular complexity index is 1020. The Balaban J connectivity index is 0.000000258. The number of hydrogen-bond donors (Lipinski definition) is 2. The van der Waals surface area contributed by atoms with Crippen LogP contribution in [0.5, 0.6) is 0 Å². The Labute approximate surface area is 202 Å². The lowest BCUT2D eigenvalue weighted by Gasteiger charge is -2.19. The van der Waals surface area contributed by atoms with Crippen molar-refractivity contribution in [3.63, 3.8) is 0 Å². The van der Waals surface area contributed by atoms with E-state index in [1.54, 1.807) is 25.0 Å². The minimum atomic E-state index is -3.06. The molecule has 0 saturated carbocycles. The fraction of sp³-hybridized carbons (Fsp3) is 0.167. The molecule has 2 aromatic heterocycles. The van der Waals surface area contributed by atoms with Crippen LogP contribution in [0.3, 0.4) is 0 Å². The normalized spacial score (nSPS) is 10.6. The summed E-state index contributed by atoms with van der Waals surface area (Å²) in [6, 6.07) is 20.0. The fourth-order valence-electron chi connectivity index (χ4n) is 2.56. The van der Waals surface area contributed by atoms with Gasteiger partial charge in [0.25, 0.3) is 0 Å². The maximum Gasteiger partial charge on any atom is 0.206 e. The highest BCUT2D eigenvalue weighted by Gasteiger charge is 2.16. The Morgan fingerprint density at radius 1 is 0.848 bits per heavy atom. The highest BCUT2D eigenvalue weighted by Crippen LogP contribution is 2.57. The monoisotopic (exact) mass is 502 g/mol. The highest BCUT2D eigenvalue weighted by atomic mass is 32.9. The highest BCUT2D eigenvalue weighted by molar-refractivity contribution is 8.73. The topological polar surface area (TPSA) is 76.1 Å². The summed E-state index contributed by atoms with van der Waals surface area (Å²) in [6.07, 6.45) is 10.8. The predicted molar refractivity (Wildman–Crippen MR) is 143 cm³/mol. The first-order valence-corrected chi connectivity index (χ1v) is 15.5. The van der Waals surface area contributed by atoms with Crippen LogP contribution in [0.2, 0.25) is 0 Å². The van der Waals surface area contributed by atoms with Gasteiger partial charge in [-0.25, -0.2) is 9.97 Å². The molecule has 6 nitrogen and oxygen atoms in total. The van der Waals surface area contributed by atoms with Crippen LogP contribution in [0.4, 0.5) is 0 Å². The molecule has 4 aromatic rings. The SMILES string of the molecule is C=CSP(O)(O)=S(Cc1ccccc1)Cc1ccccc1.Cn1ccnc1.Cn1ccnc1. The summed E-state index contributed by atoms with van der Waals surface area (Å²) in [4.78, 5) is 28.5. The molecule has 0 aliphatic carbocycles. The summed E-state index contributed by atoms with van der Waals surface area (Å²) in [6.45, 7) is 3.62. The van der Waals surface area contributed by atoms with Crippen molar-refractivity contribution in [1.82, 2.24) is 19.1 Å². The molecule has 0 fully saturated rings. The van der Waals surface area contributed by atoms with Gasteiger partial charge in [0.2, 0.25) is 5.69 Å². The summed E-state index contributed by atoms with van der Waals surface area (Å²) in [7, 11) is 3.35. The predicted octanol–water partition coefficient (Wildman–Crippen LogP) is 5.38. The summed E-state index contributed by atoms with van der Waals surface area (Å²) >= 11 is 1.08. The number of benzene rings is 2. The summed E-state index contributed by atoms with van der Waals surface area (Å²) in [5, 5.41) is 1.53. The third kappa shape index (κ3) is 10.9. The van der Waals surface area contributed by atoms with Gasteiger partial charge in [-0.1, -0.05) is 67.2 Å². The van der Waals surface area contributed by atoms with Crippen LogP contribution in [-0.2, 0) is 35.7 Å². The molecule has 0 spiro atoms. The van der Waals surface area contributed by atoms with Crippen molar-refractivity contribution in [2.45, 2.75) is 11.5 Å². The average molecular weight is 503 g/mol. The first-order chi connectivity index (χ1) is 15.9. The van der Waals surface area contributed by atoms with Crippen molar-refractivity contribution in [3.05, 3.63) is 121 Å². The van der Waals surface area contributed by atoms with Crippen LogP contribution < -0.4 is 0 Å². The smallest absolute Gasteiger partial charge is 0.206 e. The zero-order valence-corrected chi connectivity index (χ0v) is 21.4. The van der Waals surface area contributed by atoms with E-state index in [1.807, 2.05) is 96.3 Å². The molecule has 0 unspecified atom stereocenters. The number of aromatic nitrogens is 4. The van der Waals surface area contributed by atoms with Gasteiger partial charge >= 0.3 is 0 Å². The summed E-state index contributed by atoms with van der Waals surface area (Å²) in [5.41, 5.74) is -0.791. The van der Waals surface area contributed by atoms with Gasteiger partial charge in [0.15, 0.2) is 0 Å². The Hall–Kier alpha value is -2.35. The van der Waals surface area contributed by atoms with Gasteiger partial charge in [-0.05, 0) is 27.9 Å². The van der Waals surface area contributed by atoms with Crippen molar-refractivity contribution in [1.29, 1.82) is 0 Å². The fourth-order valence-corrected chi connectivity index (χ4v) is 9.91. The first-order valence-electron chi connectivity index (χ1n) is 10.1. The second-order valence-electron chi connectivity index (χ2n) is 6.94. The van der Waals surface area contributed by atoms with E-state index in [4.69, 9.17) is 0 Å².